The maximum absolute atomic E-state index is 6.43. The smallest absolute Gasteiger partial charge is 0.0371 e. The Bertz CT molecular complexity index is 658. The molecule has 0 aromatic heterocycles. The van der Waals surface area contributed by atoms with Gasteiger partial charge in [-0.2, -0.15) is 0 Å². The monoisotopic (exact) mass is 427 g/mol. The predicted molar refractivity (Wildman–Crippen MR) is 138 cm³/mol. The van der Waals surface area contributed by atoms with Gasteiger partial charge < -0.3 is 15.5 Å². The molecule has 3 heteroatoms. The number of nitrogens with zero attached hydrogens (tertiary/aromatic N) is 2. The molecule has 0 radical (unpaired) electrons. The summed E-state index contributed by atoms with van der Waals surface area (Å²) in [5, 5.41) is 0. The SMILES string of the molecule is CCC(C)[C@H](N)CN1CCC(N(CC=C(C)C)c2ccc(CCC(C)(C)C)cc2)CC1. The average molecular weight is 428 g/mol. The fraction of sp³-hybridized carbons (Fsp3) is 0.714. The molecular formula is C28H49N3. The summed E-state index contributed by atoms with van der Waals surface area (Å²) in [4.78, 5) is 5.22. The minimum Gasteiger partial charge on any atom is -0.365 e. The standard InChI is InChI=1S/C28H49N3/c1-8-23(4)27(29)21-30-18-15-26(16-19-30)31(20-14-22(2)3)25-11-9-24(10-12-25)13-17-28(5,6)7/h9-12,14,23,26-27H,8,13,15-21,29H2,1-7H3/t23?,27-/m1/s1. The first-order valence-electron chi connectivity index (χ1n) is 12.6. The van der Waals surface area contributed by atoms with Crippen LogP contribution in [-0.4, -0.2) is 43.2 Å². The van der Waals surface area contributed by atoms with Crippen LogP contribution in [0.5, 0.6) is 0 Å². The van der Waals surface area contributed by atoms with E-state index in [4.69, 9.17) is 5.73 Å². The molecule has 176 valence electrons. The zero-order valence-electron chi connectivity index (χ0n) is 21.5. The third kappa shape index (κ3) is 8.98. The summed E-state index contributed by atoms with van der Waals surface area (Å²) >= 11 is 0. The maximum Gasteiger partial charge on any atom is 0.0371 e. The minimum atomic E-state index is 0.295. The van der Waals surface area contributed by atoms with Crippen LogP contribution >= 0.6 is 0 Å². The van der Waals surface area contributed by atoms with Crippen LogP contribution in [0.2, 0.25) is 0 Å². The van der Waals surface area contributed by atoms with Gasteiger partial charge in [-0.3, -0.25) is 0 Å². The van der Waals surface area contributed by atoms with E-state index in [2.05, 4.69) is 88.6 Å². The predicted octanol–water partition coefficient (Wildman–Crippen LogP) is 6.28. The Labute approximate surface area is 193 Å². The van der Waals surface area contributed by atoms with E-state index < -0.39 is 0 Å². The van der Waals surface area contributed by atoms with Gasteiger partial charge in [-0.05, 0) is 68.6 Å². The molecule has 1 heterocycles. The lowest BCUT2D eigenvalue weighted by molar-refractivity contribution is 0.184. The lowest BCUT2D eigenvalue weighted by Gasteiger charge is -2.40. The number of piperidine rings is 1. The summed E-state index contributed by atoms with van der Waals surface area (Å²) in [6.07, 6.45) is 8.36. The van der Waals surface area contributed by atoms with Crippen molar-refractivity contribution < 1.29 is 0 Å². The van der Waals surface area contributed by atoms with E-state index in [0.717, 1.165) is 32.6 Å². The molecule has 3 nitrogen and oxygen atoms in total. The largest absolute Gasteiger partial charge is 0.365 e. The second-order valence-electron chi connectivity index (χ2n) is 11.2. The zero-order valence-corrected chi connectivity index (χ0v) is 21.5. The summed E-state index contributed by atoms with van der Waals surface area (Å²) < 4.78 is 0. The van der Waals surface area contributed by atoms with Gasteiger partial charge >= 0.3 is 0 Å². The van der Waals surface area contributed by atoms with E-state index in [0.29, 0.717) is 23.4 Å². The molecule has 31 heavy (non-hydrogen) atoms. The number of rotatable bonds is 10. The van der Waals surface area contributed by atoms with E-state index in [-0.39, 0.29) is 0 Å². The molecule has 0 saturated carbocycles. The van der Waals surface area contributed by atoms with E-state index >= 15 is 0 Å². The van der Waals surface area contributed by atoms with Gasteiger partial charge in [-0.25, -0.2) is 0 Å². The van der Waals surface area contributed by atoms with E-state index in [9.17, 15) is 0 Å². The number of benzene rings is 1. The van der Waals surface area contributed by atoms with Crippen LogP contribution in [0.3, 0.4) is 0 Å². The fourth-order valence-electron chi connectivity index (χ4n) is 4.31. The molecule has 2 N–H and O–H groups in total. The highest BCUT2D eigenvalue weighted by atomic mass is 15.2. The average Bonchev–Trinajstić information content (AvgIpc) is 2.73. The number of aryl methyl sites for hydroxylation is 1. The third-order valence-corrected chi connectivity index (χ3v) is 6.97. The molecule has 1 aromatic carbocycles. The molecule has 1 aliphatic heterocycles. The second kappa shape index (κ2) is 12.1. The van der Waals surface area contributed by atoms with Crippen molar-refractivity contribution in [2.24, 2.45) is 17.1 Å². The van der Waals surface area contributed by atoms with Gasteiger partial charge in [0.25, 0.3) is 0 Å². The van der Waals surface area contributed by atoms with Gasteiger partial charge in [0.15, 0.2) is 0 Å². The third-order valence-electron chi connectivity index (χ3n) is 6.97. The number of allylic oxidation sites excluding steroid dienone is 1. The van der Waals surface area contributed by atoms with Crippen LogP contribution in [-0.2, 0) is 6.42 Å². The minimum absolute atomic E-state index is 0.295. The van der Waals surface area contributed by atoms with Crippen molar-refractivity contribution in [3.05, 3.63) is 41.5 Å². The number of hydrogen-bond donors (Lipinski definition) is 1. The Kier molecular flexibility index (Phi) is 10.1. The lowest BCUT2D eigenvalue weighted by Crippen LogP contribution is -2.49. The van der Waals surface area contributed by atoms with Crippen LogP contribution in [0.15, 0.2) is 35.9 Å². The van der Waals surface area contributed by atoms with E-state index in [1.807, 2.05) is 0 Å². The summed E-state index contributed by atoms with van der Waals surface area (Å²) in [6.45, 7) is 20.3. The Morgan fingerprint density at radius 3 is 2.29 bits per heavy atom. The molecular weight excluding hydrogens is 378 g/mol. The summed E-state index contributed by atoms with van der Waals surface area (Å²) in [5.41, 5.74) is 11.0. The van der Waals surface area contributed by atoms with Crippen LogP contribution in [0.1, 0.15) is 79.7 Å². The molecule has 0 aliphatic carbocycles. The molecule has 1 fully saturated rings. The normalized spacial score (nSPS) is 17.9. The summed E-state index contributed by atoms with van der Waals surface area (Å²) in [7, 11) is 0. The molecule has 1 unspecified atom stereocenters. The number of anilines is 1. The van der Waals surface area contributed by atoms with Crippen molar-refractivity contribution in [2.75, 3.05) is 31.1 Å². The van der Waals surface area contributed by atoms with Crippen LogP contribution < -0.4 is 10.6 Å². The first-order valence-corrected chi connectivity index (χ1v) is 12.6. The number of hydrogen-bond acceptors (Lipinski definition) is 3. The molecule has 0 spiro atoms. The van der Waals surface area contributed by atoms with Crippen molar-refractivity contribution in [3.8, 4) is 0 Å². The van der Waals surface area contributed by atoms with Gasteiger partial charge in [0.2, 0.25) is 0 Å². The molecule has 1 aliphatic rings. The quantitative estimate of drug-likeness (QED) is 0.446. The summed E-state index contributed by atoms with van der Waals surface area (Å²) in [6, 6.07) is 10.3. The first-order chi connectivity index (χ1) is 14.6. The molecule has 2 rings (SSSR count). The second-order valence-corrected chi connectivity index (χ2v) is 11.2. The van der Waals surface area contributed by atoms with Gasteiger partial charge in [0, 0.05) is 44.0 Å². The van der Waals surface area contributed by atoms with Crippen LogP contribution in [0.25, 0.3) is 0 Å². The highest BCUT2D eigenvalue weighted by Crippen LogP contribution is 2.27. The Morgan fingerprint density at radius 1 is 1.16 bits per heavy atom. The van der Waals surface area contributed by atoms with Crippen molar-refractivity contribution in [1.29, 1.82) is 0 Å². The summed E-state index contributed by atoms with van der Waals surface area (Å²) in [5.74, 6) is 0.601. The lowest BCUT2D eigenvalue weighted by atomic mass is 9.88. The van der Waals surface area contributed by atoms with E-state index in [1.165, 1.54) is 42.5 Å². The van der Waals surface area contributed by atoms with Crippen molar-refractivity contribution >= 4 is 5.69 Å². The molecule has 0 bridgehead atoms. The van der Waals surface area contributed by atoms with Gasteiger partial charge in [0.05, 0.1) is 0 Å². The van der Waals surface area contributed by atoms with Gasteiger partial charge in [-0.1, -0.05) is 64.8 Å². The van der Waals surface area contributed by atoms with Crippen molar-refractivity contribution in [1.82, 2.24) is 4.90 Å². The Hall–Kier alpha value is -1.32. The fourth-order valence-corrected chi connectivity index (χ4v) is 4.31. The van der Waals surface area contributed by atoms with Gasteiger partial charge in [-0.15, -0.1) is 0 Å². The Balaban J connectivity index is 2.02. The van der Waals surface area contributed by atoms with Crippen molar-refractivity contribution in [2.45, 2.75) is 92.7 Å². The molecule has 0 amide bonds. The topological polar surface area (TPSA) is 32.5 Å². The number of nitrogens with two attached hydrogens (primary N) is 1. The molecule has 1 aromatic rings. The highest BCUT2D eigenvalue weighted by molar-refractivity contribution is 5.49. The number of likely N-dealkylation sites (tertiary alicyclic amines) is 1. The first kappa shape index (κ1) is 25.9. The maximum atomic E-state index is 6.43. The van der Waals surface area contributed by atoms with Crippen molar-refractivity contribution in [3.63, 3.8) is 0 Å². The Morgan fingerprint density at radius 2 is 1.77 bits per heavy atom. The highest BCUT2D eigenvalue weighted by Gasteiger charge is 2.26. The van der Waals surface area contributed by atoms with E-state index in [1.54, 1.807) is 0 Å². The van der Waals surface area contributed by atoms with Crippen LogP contribution in [0.4, 0.5) is 5.69 Å². The zero-order chi connectivity index (χ0) is 23.0. The van der Waals surface area contributed by atoms with Gasteiger partial charge in [0.1, 0.15) is 0 Å². The molecule has 2 atom stereocenters. The van der Waals surface area contributed by atoms with Crippen LogP contribution in [0, 0.1) is 11.3 Å². The molecule has 1 saturated heterocycles.